The molecule has 16 heavy (non-hydrogen) atoms. The molecule has 1 aromatic rings. The lowest BCUT2D eigenvalue weighted by Gasteiger charge is -2.24. The van der Waals surface area contributed by atoms with Gasteiger partial charge in [-0.05, 0) is 25.5 Å². The maximum atomic E-state index is 11.9. The smallest absolute Gasteiger partial charge is 0.259 e. The first-order valence-corrected chi connectivity index (χ1v) is 5.63. The minimum absolute atomic E-state index is 0.0720. The fraction of sp³-hybridized carbons (Fsp3) is 0.417. The van der Waals surface area contributed by atoms with E-state index in [1.165, 1.54) is 0 Å². The van der Waals surface area contributed by atoms with Gasteiger partial charge in [0.2, 0.25) is 0 Å². The molecular weight excluding hydrogens is 202 g/mol. The first-order chi connectivity index (χ1) is 7.72. The molecule has 1 aliphatic heterocycles. The van der Waals surface area contributed by atoms with E-state index in [-0.39, 0.29) is 18.1 Å². The average molecular weight is 219 g/mol. The standard InChI is InChI=1S/C12H17N3O/c1-3-11-13-9(2)12(16)15(11)14-10-7-5-4-6-8-10/h4-9,11,13-14H,3H2,1-2H3/t9-,11?/m0/s1. The van der Waals surface area contributed by atoms with Crippen molar-refractivity contribution in [2.75, 3.05) is 5.43 Å². The number of carbonyl (C=O) groups excluding carboxylic acids is 1. The Hall–Kier alpha value is -1.55. The van der Waals surface area contributed by atoms with Crippen molar-refractivity contribution < 1.29 is 4.79 Å². The molecule has 1 fully saturated rings. The third-order valence-corrected chi connectivity index (χ3v) is 2.77. The summed E-state index contributed by atoms with van der Waals surface area (Å²) in [5.74, 6) is 0.0932. The van der Waals surface area contributed by atoms with Gasteiger partial charge in [-0.3, -0.25) is 15.5 Å². The Kier molecular flexibility index (Phi) is 3.10. The lowest BCUT2D eigenvalue weighted by molar-refractivity contribution is -0.128. The quantitative estimate of drug-likeness (QED) is 0.811. The number of benzene rings is 1. The van der Waals surface area contributed by atoms with Crippen LogP contribution in [-0.4, -0.2) is 23.1 Å². The number of anilines is 1. The van der Waals surface area contributed by atoms with Crippen molar-refractivity contribution in [1.82, 2.24) is 10.3 Å². The van der Waals surface area contributed by atoms with Crippen molar-refractivity contribution in [1.29, 1.82) is 0 Å². The van der Waals surface area contributed by atoms with Crippen molar-refractivity contribution in [3.8, 4) is 0 Å². The van der Waals surface area contributed by atoms with Gasteiger partial charge >= 0.3 is 0 Å². The van der Waals surface area contributed by atoms with Crippen molar-refractivity contribution in [3.63, 3.8) is 0 Å². The van der Waals surface area contributed by atoms with E-state index in [0.717, 1.165) is 12.1 Å². The Morgan fingerprint density at radius 1 is 1.38 bits per heavy atom. The summed E-state index contributed by atoms with van der Waals surface area (Å²) in [6.45, 7) is 3.94. The average Bonchev–Trinajstić information content (AvgIpc) is 2.58. The minimum Gasteiger partial charge on any atom is -0.295 e. The van der Waals surface area contributed by atoms with E-state index >= 15 is 0 Å². The molecule has 0 radical (unpaired) electrons. The van der Waals surface area contributed by atoms with Crippen LogP contribution in [0.25, 0.3) is 0 Å². The van der Waals surface area contributed by atoms with Gasteiger partial charge in [0.25, 0.3) is 5.91 Å². The highest BCUT2D eigenvalue weighted by Gasteiger charge is 2.35. The van der Waals surface area contributed by atoms with Crippen LogP contribution in [0.2, 0.25) is 0 Å². The molecule has 2 rings (SSSR count). The van der Waals surface area contributed by atoms with E-state index in [1.54, 1.807) is 5.01 Å². The predicted octanol–water partition coefficient (Wildman–Crippen LogP) is 1.57. The number of nitrogens with zero attached hydrogens (tertiary/aromatic N) is 1. The van der Waals surface area contributed by atoms with Crippen molar-refractivity contribution in [3.05, 3.63) is 30.3 Å². The van der Waals surface area contributed by atoms with Crippen molar-refractivity contribution in [2.24, 2.45) is 0 Å². The molecule has 1 amide bonds. The molecule has 2 atom stereocenters. The molecule has 1 aromatic carbocycles. The van der Waals surface area contributed by atoms with E-state index in [0.29, 0.717) is 0 Å². The molecule has 0 bridgehead atoms. The Morgan fingerprint density at radius 2 is 2.06 bits per heavy atom. The molecule has 4 nitrogen and oxygen atoms in total. The minimum atomic E-state index is -0.110. The highest BCUT2D eigenvalue weighted by atomic mass is 16.2. The van der Waals surface area contributed by atoms with Crippen LogP contribution in [0.4, 0.5) is 5.69 Å². The molecule has 1 unspecified atom stereocenters. The number of para-hydroxylation sites is 1. The number of amides is 1. The first kappa shape index (κ1) is 11.0. The Bertz CT molecular complexity index is 366. The Balaban J connectivity index is 2.11. The second kappa shape index (κ2) is 4.53. The van der Waals surface area contributed by atoms with Crippen LogP contribution in [0.3, 0.4) is 0 Å². The maximum Gasteiger partial charge on any atom is 0.259 e. The van der Waals surface area contributed by atoms with Crippen LogP contribution < -0.4 is 10.7 Å². The summed E-state index contributed by atoms with van der Waals surface area (Å²) in [5.41, 5.74) is 4.08. The van der Waals surface area contributed by atoms with E-state index in [2.05, 4.69) is 17.7 Å². The summed E-state index contributed by atoms with van der Waals surface area (Å²) in [4.78, 5) is 11.9. The monoisotopic (exact) mass is 219 g/mol. The third-order valence-electron chi connectivity index (χ3n) is 2.77. The van der Waals surface area contributed by atoms with E-state index in [9.17, 15) is 4.79 Å². The number of rotatable bonds is 3. The van der Waals surface area contributed by atoms with Crippen LogP contribution in [0.1, 0.15) is 20.3 Å². The van der Waals surface area contributed by atoms with Crippen LogP contribution in [0.15, 0.2) is 30.3 Å². The Morgan fingerprint density at radius 3 is 2.69 bits per heavy atom. The summed E-state index contributed by atoms with van der Waals surface area (Å²) >= 11 is 0. The number of hydrogen-bond acceptors (Lipinski definition) is 3. The lowest BCUT2D eigenvalue weighted by atomic mass is 10.3. The third kappa shape index (κ3) is 2.02. The van der Waals surface area contributed by atoms with Crippen molar-refractivity contribution >= 4 is 11.6 Å². The van der Waals surface area contributed by atoms with Gasteiger partial charge in [-0.1, -0.05) is 25.1 Å². The first-order valence-electron chi connectivity index (χ1n) is 5.63. The molecule has 0 saturated carbocycles. The second-order valence-corrected chi connectivity index (χ2v) is 4.00. The molecule has 1 heterocycles. The van der Waals surface area contributed by atoms with Crippen LogP contribution in [-0.2, 0) is 4.79 Å². The van der Waals surface area contributed by atoms with Gasteiger partial charge in [0.15, 0.2) is 0 Å². The zero-order chi connectivity index (χ0) is 11.5. The molecule has 86 valence electrons. The van der Waals surface area contributed by atoms with Crippen LogP contribution in [0.5, 0.6) is 0 Å². The van der Waals surface area contributed by atoms with Gasteiger partial charge < -0.3 is 0 Å². The zero-order valence-electron chi connectivity index (χ0n) is 9.60. The van der Waals surface area contributed by atoms with E-state index in [1.807, 2.05) is 37.3 Å². The van der Waals surface area contributed by atoms with Gasteiger partial charge in [-0.15, -0.1) is 0 Å². The fourth-order valence-corrected chi connectivity index (χ4v) is 1.88. The summed E-state index contributed by atoms with van der Waals surface area (Å²) in [6.07, 6.45) is 0.957. The molecule has 0 aliphatic carbocycles. The lowest BCUT2D eigenvalue weighted by Crippen LogP contribution is -2.40. The van der Waals surface area contributed by atoms with Gasteiger partial charge in [0, 0.05) is 0 Å². The second-order valence-electron chi connectivity index (χ2n) is 4.00. The van der Waals surface area contributed by atoms with E-state index in [4.69, 9.17) is 0 Å². The van der Waals surface area contributed by atoms with Gasteiger partial charge in [0.05, 0.1) is 11.7 Å². The predicted molar refractivity (Wildman–Crippen MR) is 63.6 cm³/mol. The number of hydrogen-bond donors (Lipinski definition) is 2. The van der Waals surface area contributed by atoms with Gasteiger partial charge in [-0.25, -0.2) is 5.01 Å². The largest absolute Gasteiger partial charge is 0.295 e. The number of carbonyl (C=O) groups is 1. The topological polar surface area (TPSA) is 44.4 Å². The fourth-order valence-electron chi connectivity index (χ4n) is 1.88. The number of nitrogens with one attached hydrogen (secondary N) is 2. The van der Waals surface area contributed by atoms with Gasteiger partial charge in [-0.2, -0.15) is 0 Å². The zero-order valence-corrected chi connectivity index (χ0v) is 9.60. The molecule has 1 aliphatic rings. The highest BCUT2D eigenvalue weighted by Crippen LogP contribution is 2.15. The van der Waals surface area contributed by atoms with Crippen molar-refractivity contribution in [2.45, 2.75) is 32.5 Å². The summed E-state index contributed by atoms with van der Waals surface area (Å²) in [7, 11) is 0. The highest BCUT2D eigenvalue weighted by molar-refractivity contribution is 5.85. The summed E-state index contributed by atoms with van der Waals surface area (Å²) in [5, 5.41) is 4.92. The number of hydrazine groups is 1. The molecule has 1 saturated heterocycles. The SMILES string of the molecule is CCC1N[C@@H](C)C(=O)N1Nc1ccccc1. The molecular formula is C12H17N3O. The van der Waals surface area contributed by atoms with E-state index < -0.39 is 0 Å². The normalized spacial score (nSPS) is 24.9. The van der Waals surface area contributed by atoms with Gasteiger partial charge in [0.1, 0.15) is 6.17 Å². The summed E-state index contributed by atoms with van der Waals surface area (Å²) in [6, 6.07) is 9.63. The summed E-state index contributed by atoms with van der Waals surface area (Å²) < 4.78 is 0. The Labute approximate surface area is 95.6 Å². The van der Waals surface area contributed by atoms with Crippen LogP contribution >= 0.6 is 0 Å². The molecule has 4 heteroatoms. The van der Waals surface area contributed by atoms with Crippen LogP contribution in [0, 0.1) is 0 Å². The maximum absolute atomic E-state index is 11.9. The molecule has 2 N–H and O–H groups in total. The molecule has 0 aromatic heterocycles. The molecule has 0 spiro atoms.